The summed E-state index contributed by atoms with van der Waals surface area (Å²) >= 11 is 3.32. The minimum atomic E-state index is -3.71. The fraction of sp³-hybridized carbons (Fsp3) is 0.174. The molecule has 1 aromatic heterocycles. The van der Waals surface area contributed by atoms with E-state index in [2.05, 4.69) is 20.9 Å². The topological polar surface area (TPSA) is 63.4 Å². The molecule has 0 aliphatic carbocycles. The molecule has 9 heteroatoms. The number of hydrogen-bond donors (Lipinski definition) is 0. The molecule has 2 heterocycles. The second-order valence-corrected chi connectivity index (χ2v) is 10.4. The van der Waals surface area contributed by atoms with E-state index in [-0.39, 0.29) is 4.90 Å². The van der Waals surface area contributed by atoms with E-state index in [1.807, 2.05) is 0 Å². The minimum absolute atomic E-state index is 0.212. The molecule has 3 aromatic carbocycles. The van der Waals surface area contributed by atoms with Gasteiger partial charge in [0.2, 0.25) is 15.9 Å². The highest BCUT2D eigenvalue weighted by atomic mass is 79.9. The molecule has 164 valence electrons. The third-order valence-corrected chi connectivity index (χ3v) is 8.02. The molecule has 1 fully saturated rings. The Morgan fingerprint density at radius 3 is 2.44 bits per heavy atom. The summed E-state index contributed by atoms with van der Waals surface area (Å²) in [4.78, 5) is 4.76. The van der Waals surface area contributed by atoms with Gasteiger partial charge < -0.3 is 4.42 Å². The van der Waals surface area contributed by atoms with Gasteiger partial charge >= 0.3 is 0 Å². The summed E-state index contributed by atoms with van der Waals surface area (Å²) in [7, 11) is -3.71. The molecule has 5 rings (SSSR count). The van der Waals surface area contributed by atoms with E-state index in [9.17, 15) is 17.2 Å². The molecule has 5 nitrogen and oxygen atoms in total. The van der Waals surface area contributed by atoms with Crippen molar-refractivity contribution in [3.05, 3.63) is 82.7 Å². The molecule has 1 aliphatic rings. The number of aromatic nitrogens is 1. The monoisotopic (exact) mass is 518 g/mol. The Hall–Kier alpha value is -2.62. The van der Waals surface area contributed by atoms with E-state index in [4.69, 9.17) is 4.42 Å². The van der Waals surface area contributed by atoms with Gasteiger partial charge in [0.15, 0.2) is 17.2 Å². The molecule has 1 atom stereocenters. The largest absolute Gasteiger partial charge is 0.439 e. The average molecular weight is 519 g/mol. The highest BCUT2D eigenvalue weighted by molar-refractivity contribution is 9.10. The molecular weight excluding hydrogens is 502 g/mol. The zero-order valence-corrected chi connectivity index (χ0v) is 19.0. The first-order chi connectivity index (χ1) is 15.3. The maximum atomic E-state index is 13.6. The predicted molar refractivity (Wildman–Crippen MR) is 119 cm³/mol. The van der Waals surface area contributed by atoms with Crippen LogP contribution in [0.15, 0.2) is 74.4 Å². The normalized spacial score (nSPS) is 17.3. The Morgan fingerprint density at radius 2 is 1.69 bits per heavy atom. The summed E-state index contributed by atoms with van der Waals surface area (Å²) < 4.78 is 61.5. The van der Waals surface area contributed by atoms with Crippen LogP contribution in [0.5, 0.6) is 0 Å². The fourth-order valence-corrected chi connectivity index (χ4v) is 5.87. The second kappa shape index (κ2) is 8.06. The molecule has 0 amide bonds. The number of nitrogens with zero attached hydrogens (tertiary/aromatic N) is 2. The smallest absolute Gasteiger partial charge is 0.243 e. The highest BCUT2D eigenvalue weighted by Crippen LogP contribution is 2.38. The summed E-state index contributed by atoms with van der Waals surface area (Å²) in [6.45, 7) is 0.377. The van der Waals surface area contributed by atoms with Crippen LogP contribution in [0.1, 0.15) is 24.8 Å². The Balaban J connectivity index is 1.49. The molecule has 1 saturated heterocycles. The standard InChI is InChI=1S/C23H17BrF2N2O3S/c24-16-5-7-17(8-6-16)32(29,30)28-11-1-2-21(28)23-27-20-13-15(4-10-22(20)31-23)14-3-9-18(25)19(26)12-14/h3-10,12-13,21H,1-2,11H2. The number of rotatable bonds is 4. The van der Waals surface area contributed by atoms with Crippen molar-refractivity contribution in [2.75, 3.05) is 6.54 Å². The third-order valence-electron chi connectivity index (χ3n) is 5.57. The molecule has 0 bridgehead atoms. The third kappa shape index (κ3) is 3.74. The van der Waals surface area contributed by atoms with Crippen LogP contribution in [0.4, 0.5) is 8.78 Å². The van der Waals surface area contributed by atoms with E-state index >= 15 is 0 Å². The van der Waals surface area contributed by atoms with Gasteiger partial charge in [-0.25, -0.2) is 22.2 Å². The van der Waals surface area contributed by atoms with Gasteiger partial charge in [0.25, 0.3) is 0 Å². The summed E-state index contributed by atoms with van der Waals surface area (Å²) in [5, 5.41) is 0. The van der Waals surface area contributed by atoms with Crippen LogP contribution < -0.4 is 0 Å². The van der Waals surface area contributed by atoms with E-state index < -0.39 is 27.7 Å². The van der Waals surface area contributed by atoms with Gasteiger partial charge in [-0.1, -0.05) is 28.1 Å². The van der Waals surface area contributed by atoms with Crippen LogP contribution >= 0.6 is 15.9 Å². The molecule has 0 saturated carbocycles. The summed E-state index contributed by atoms with van der Waals surface area (Å²) in [6.07, 6.45) is 1.29. The van der Waals surface area contributed by atoms with Crippen molar-refractivity contribution >= 4 is 37.1 Å². The lowest BCUT2D eigenvalue weighted by Crippen LogP contribution is -2.30. The minimum Gasteiger partial charge on any atom is -0.439 e. The molecule has 4 aromatic rings. The van der Waals surface area contributed by atoms with Crippen molar-refractivity contribution in [1.29, 1.82) is 0 Å². The first-order valence-corrected chi connectivity index (χ1v) is 12.2. The van der Waals surface area contributed by atoms with Crippen molar-refractivity contribution in [2.45, 2.75) is 23.8 Å². The van der Waals surface area contributed by atoms with Gasteiger partial charge in [-0.05, 0) is 72.5 Å². The van der Waals surface area contributed by atoms with Crippen molar-refractivity contribution < 1.29 is 21.6 Å². The Kier molecular flexibility index (Phi) is 5.35. The van der Waals surface area contributed by atoms with Crippen molar-refractivity contribution in [3.63, 3.8) is 0 Å². The van der Waals surface area contributed by atoms with Gasteiger partial charge in [-0.2, -0.15) is 4.31 Å². The summed E-state index contributed by atoms with van der Waals surface area (Å²) in [5.74, 6) is -1.52. The molecule has 0 N–H and O–H groups in total. The SMILES string of the molecule is O=S(=O)(c1ccc(Br)cc1)N1CCCC1c1nc2cc(-c3ccc(F)c(F)c3)ccc2o1. The Labute approximate surface area is 191 Å². The van der Waals surface area contributed by atoms with E-state index in [1.54, 1.807) is 42.5 Å². The number of oxazole rings is 1. The van der Waals surface area contributed by atoms with Crippen molar-refractivity contribution in [1.82, 2.24) is 9.29 Å². The van der Waals surface area contributed by atoms with Crippen LogP contribution in [0.2, 0.25) is 0 Å². The molecular formula is C23H17BrF2N2O3S. The summed E-state index contributed by atoms with van der Waals surface area (Å²) in [5.41, 5.74) is 2.19. The second-order valence-electron chi connectivity index (χ2n) is 7.59. The molecule has 1 aliphatic heterocycles. The number of hydrogen-bond acceptors (Lipinski definition) is 4. The van der Waals surface area contributed by atoms with Crippen molar-refractivity contribution in [3.8, 4) is 11.1 Å². The van der Waals surface area contributed by atoms with Crippen LogP contribution in [-0.2, 0) is 10.0 Å². The first kappa shape index (κ1) is 21.2. The first-order valence-electron chi connectivity index (χ1n) is 9.96. The lowest BCUT2D eigenvalue weighted by atomic mass is 10.1. The maximum absolute atomic E-state index is 13.6. The lowest BCUT2D eigenvalue weighted by molar-refractivity contribution is 0.337. The lowest BCUT2D eigenvalue weighted by Gasteiger charge is -2.21. The van der Waals surface area contributed by atoms with Gasteiger partial charge in [0.05, 0.1) is 4.90 Å². The zero-order chi connectivity index (χ0) is 22.5. The predicted octanol–water partition coefficient (Wildman–Crippen LogP) is 6.06. The van der Waals surface area contributed by atoms with Gasteiger partial charge in [-0.3, -0.25) is 0 Å². The van der Waals surface area contributed by atoms with E-state index in [0.29, 0.717) is 47.5 Å². The Bertz CT molecular complexity index is 1420. The van der Waals surface area contributed by atoms with Crippen LogP contribution in [0.25, 0.3) is 22.2 Å². The molecule has 32 heavy (non-hydrogen) atoms. The van der Waals surface area contributed by atoms with Gasteiger partial charge in [0.1, 0.15) is 11.6 Å². The Morgan fingerprint density at radius 1 is 0.969 bits per heavy atom. The summed E-state index contributed by atoms with van der Waals surface area (Å²) in [6, 6.07) is 14.8. The fourth-order valence-electron chi connectivity index (χ4n) is 3.96. The van der Waals surface area contributed by atoms with Crippen molar-refractivity contribution in [2.24, 2.45) is 0 Å². The number of fused-ring (bicyclic) bond motifs is 1. The number of benzene rings is 3. The highest BCUT2D eigenvalue weighted by Gasteiger charge is 2.39. The van der Waals surface area contributed by atoms with E-state index in [1.165, 1.54) is 10.4 Å². The van der Waals surface area contributed by atoms with Crippen LogP contribution in [0, 0.1) is 11.6 Å². The van der Waals surface area contributed by atoms with Crippen LogP contribution in [-0.4, -0.2) is 24.3 Å². The zero-order valence-electron chi connectivity index (χ0n) is 16.6. The molecule has 0 radical (unpaired) electrons. The quantitative estimate of drug-likeness (QED) is 0.329. The van der Waals surface area contributed by atoms with Gasteiger partial charge in [0, 0.05) is 11.0 Å². The number of sulfonamides is 1. The average Bonchev–Trinajstić information content (AvgIpc) is 3.42. The van der Waals surface area contributed by atoms with Crippen LogP contribution in [0.3, 0.4) is 0 Å². The number of halogens is 3. The van der Waals surface area contributed by atoms with E-state index in [0.717, 1.165) is 16.6 Å². The molecule has 0 spiro atoms. The maximum Gasteiger partial charge on any atom is 0.243 e. The molecule has 1 unspecified atom stereocenters. The van der Waals surface area contributed by atoms with Gasteiger partial charge in [-0.15, -0.1) is 0 Å².